The molecular formula is C11H20N. The van der Waals surface area contributed by atoms with Crippen molar-refractivity contribution in [3.63, 3.8) is 0 Å². The van der Waals surface area contributed by atoms with Crippen LogP contribution in [0, 0.1) is 12.0 Å². The molecule has 0 fully saturated rings. The summed E-state index contributed by atoms with van der Waals surface area (Å²) in [5.74, 6) is 0.819. The van der Waals surface area contributed by atoms with Crippen LogP contribution in [-0.4, -0.2) is 18.0 Å². The molecule has 12 heavy (non-hydrogen) atoms. The smallest absolute Gasteiger partial charge is 0.0178 e. The quantitative estimate of drug-likeness (QED) is 0.623. The van der Waals surface area contributed by atoms with E-state index < -0.39 is 0 Å². The zero-order valence-electron chi connectivity index (χ0n) is 8.56. The van der Waals surface area contributed by atoms with Gasteiger partial charge in [-0.05, 0) is 38.2 Å². The minimum absolute atomic E-state index is 0.819. The first kappa shape index (κ1) is 9.63. The van der Waals surface area contributed by atoms with Gasteiger partial charge in [-0.2, -0.15) is 0 Å². The Morgan fingerprint density at radius 2 is 2.25 bits per heavy atom. The van der Waals surface area contributed by atoms with Crippen molar-refractivity contribution in [2.75, 3.05) is 13.1 Å². The molecule has 69 valence electrons. The van der Waals surface area contributed by atoms with Gasteiger partial charge in [-0.15, -0.1) is 0 Å². The normalized spacial score (nSPS) is 18.3. The Labute approximate surface area is 76.5 Å². The molecule has 0 spiro atoms. The minimum Gasteiger partial charge on any atom is -0.375 e. The molecule has 1 heterocycles. The monoisotopic (exact) mass is 166 g/mol. The lowest BCUT2D eigenvalue weighted by atomic mass is 10.1. The van der Waals surface area contributed by atoms with Gasteiger partial charge in [-0.25, -0.2) is 0 Å². The molecule has 0 bridgehead atoms. The van der Waals surface area contributed by atoms with E-state index in [1.165, 1.54) is 31.6 Å². The van der Waals surface area contributed by atoms with Gasteiger partial charge in [0, 0.05) is 18.8 Å². The number of hydrogen-bond acceptors (Lipinski definition) is 1. The van der Waals surface area contributed by atoms with Gasteiger partial charge in [-0.1, -0.05) is 13.8 Å². The van der Waals surface area contributed by atoms with Gasteiger partial charge >= 0.3 is 0 Å². The third-order valence-electron chi connectivity index (χ3n) is 2.44. The average molecular weight is 166 g/mol. The van der Waals surface area contributed by atoms with Crippen molar-refractivity contribution in [1.29, 1.82) is 0 Å². The van der Waals surface area contributed by atoms with Crippen LogP contribution in [-0.2, 0) is 0 Å². The minimum atomic E-state index is 0.819. The van der Waals surface area contributed by atoms with Gasteiger partial charge in [0.1, 0.15) is 0 Å². The molecule has 0 atom stereocenters. The van der Waals surface area contributed by atoms with E-state index in [0.717, 1.165) is 12.3 Å². The first-order valence-corrected chi connectivity index (χ1v) is 5.02. The summed E-state index contributed by atoms with van der Waals surface area (Å²) in [6.45, 7) is 9.21. The second-order valence-electron chi connectivity index (χ2n) is 4.04. The van der Waals surface area contributed by atoms with Crippen LogP contribution in [0.1, 0.15) is 40.0 Å². The highest BCUT2D eigenvalue weighted by atomic mass is 15.1. The Balaban J connectivity index is 2.31. The second kappa shape index (κ2) is 4.54. The maximum absolute atomic E-state index is 3.40. The lowest BCUT2D eigenvalue weighted by Gasteiger charge is -2.28. The lowest BCUT2D eigenvalue weighted by molar-refractivity contribution is 0.299. The summed E-state index contributed by atoms with van der Waals surface area (Å²) in [5, 5.41) is 0. The molecule has 0 amide bonds. The van der Waals surface area contributed by atoms with E-state index >= 15 is 0 Å². The number of allylic oxidation sites excluding steroid dienone is 2. The molecule has 1 rings (SSSR count). The van der Waals surface area contributed by atoms with Gasteiger partial charge < -0.3 is 4.90 Å². The summed E-state index contributed by atoms with van der Waals surface area (Å²) >= 11 is 0. The standard InChI is InChI=1S/C11H20N/c1-10(2)7-9-12-8-5-4-6-11(12)3/h10H,4-5,7-9H2,1-3H3. The summed E-state index contributed by atoms with van der Waals surface area (Å²) in [7, 11) is 0. The predicted octanol–water partition coefficient (Wildman–Crippen LogP) is 2.84. The molecular weight excluding hydrogens is 146 g/mol. The van der Waals surface area contributed by atoms with E-state index in [1.807, 2.05) is 0 Å². The Kier molecular flexibility index (Phi) is 3.64. The van der Waals surface area contributed by atoms with Crippen molar-refractivity contribution >= 4 is 0 Å². The first-order valence-electron chi connectivity index (χ1n) is 5.02. The van der Waals surface area contributed by atoms with Crippen molar-refractivity contribution in [3.8, 4) is 0 Å². The van der Waals surface area contributed by atoms with Crippen molar-refractivity contribution < 1.29 is 0 Å². The molecule has 1 nitrogen and oxygen atoms in total. The molecule has 1 aliphatic rings. The number of hydrogen-bond donors (Lipinski definition) is 0. The molecule has 1 aliphatic heterocycles. The van der Waals surface area contributed by atoms with Crippen molar-refractivity contribution in [1.82, 2.24) is 4.90 Å². The van der Waals surface area contributed by atoms with Crippen LogP contribution in [0.25, 0.3) is 0 Å². The molecule has 0 aromatic heterocycles. The molecule has 0 unspecified atom stereocenters. The average Bonchev–Trinajstić information content (AvgIpc) is 2.03. The fourth-order valence-corrected chi connectivity index (χ4v) is 1.51. The Morgan fingerprint density at radius 3 is 2.83 bits per heavy atom. The van der Waals surface area contributed by atoms with Gasteiger partial charge in [0.2, 0.25) is 0 Å². The predicted molar refractivity (Wildman–Crippen MR) is 52.7 cm³/mol. The van der Waals surface area contributed by atoms with Crippen LogP contribution in [0.3, 0.4) is 0 Å². The Bertz CT molecular complexity index is 158. The van der Waals surface area contributed by atoms with E-state index in [0.29, 0.717) is 0 Å². The summed E-state index contributed by atoms with van der Waals surface area (Å²) < 4.78 is 0. The van der Waals surface area contributed by atoms with Crippen LogP contribution in [0.15, 0.2) is 5.70 Å². The molecule has 0 N–H and O–H groups in total. The summed E-state index contributed by atoms with van der Waals surface area (Å²) in [6, 6.07) is 0. The largest absolute Gasteiger partial charge is 0.375 e. The van der Waals surface area contributed by atoms with Gasteiger partial charge in [-0.3, -0.25) is 0 Å². The summed E-state index contributed by atoms with van der Waals surface area (Å²) in [6.07, 6.45) is 7.15. The SMILES string of the molecule is CC1=[C]CCCN1CCC(C)C. The Morgan fingerprint density at radius 1 is 1.50 bits per heavy atom. The van der Waals surface area contributed by atoms with Gasteiger partial charge in [0.25, 0.3) is 0 Å². The van der Waals surface area contributed by atoms with Crippen molar-refractivity contribution in [2.24, 2.45) is 5.92 Å². The maximum atomic E-state index is 3.40. The fraction of sp³-hybridized carbons (Fsp3) is 0.818. The number of nitrogens with zero attached hydrogens (tertiary/aromatic N) is 1. The summed E-state index contributed by atoms with van der Waals surface area (Å²) in [5.41, 5.74) is 1.36. The van der Waals surface area contributed by atoms with E-state index in [9.17, 15) is 0 Å². The first-order chi connectivity index (χ1) is 5.70. The van der Waals surface area contributed by atoms with Crippen LogP contribution in [0.5, 0.6) is 0 Å². The molecule has 0 aromatic carbocycles. The van der Waals surface area contributed by atoms with Crippen molar-refractivity contribution in [2.45, 2.75) is 40.0 Å². The number of rotatable bonds is 3. The topological polar surface area (TPSA) is 3.24 Å². The molecule has 1 heteroatoms. The van der Waals surface area contributed by atoms with E-state index in [1.54, 1.807) is 0 Å². The van der Waals surface area contributed by atoms with E-state index in [2.05, 4.69) is 31.7 Å². The zero-order valence-corrected chi connectivity index (χ0v) is 8.56. The lowest BCUT2D eigenvalue weighted by Crippen LogP contribution is -2.27. The highest BCUT2D eigenvalue weighted by Gasteiger charge is 2.09. The fourth-order valence-electron chi connectivity index (χ4n) is 1.51. The zero-order chi connectivity index (χ0) is 8.97. The molecule has 0 saturated heterocycles. The molecule has 0 saturated carbocycles. The molecule has 0 aromatic rings. The Hall–Kier alpha value is -0.460. The molecule has 1 radical (unpaired) electrons. The highest BCUT2D eigenvalue weighted by Crippen LogP contribution is 2.14. The van der Waals surface area contributed by atoms with E-state index in [-0.39, 0.29) is 0 Å². The van der Waals surface area contributed by atoms with Gasteiger partial charge in [0.15, 0.2) is 0 Å². The van der Waals surface area contributed by atoms with Crippen LogP contribution in [0.2, 0.25) is 0 Å². The van der Waals surface area contributed by atoms with Crippen molar-refractivity contribution in [3.05, 3.63) is 11.8 Å². The molecule has 0 aliphatic carbocycles. The third kappa shape index (κ3) is 2.88. The summed E-state index contributed by atoms with van der Waals surface area (Å²) in [4.78, 5) is 2.46. The van der Waals surface area contributed by atoms with Crippen LogP contribution >= 0.6 is 0 Å². The van der Waals surface area contributed by atoms with Crippen LogP contribution in [0.4, 0.5) is 0 Å². The maximum Gasteiger partial charge on any atom is 0.0178 e. The third-order valence-corrected chi connectivity index (χ3v) is 2.44. The van der Waals surface area contributed by atoms with E-state index in [4.69, 9.17) is 0 Å². The second-order valence-corrected chi connectivity index (χ2v) is 4.04. The highest BCUT2D eigenvalue weighted by molar-refractivity contribution is 4.95. The van der Waals surface area contributed by atoms with Crippen LogP contribution < -0.4 is 0 Å². The van der Waals surface area contributed by atoms with Gasteiger partial charge in [0.05, 0.1) is 0 Å².